The smallest absolute Gasteiger partial charge is 0.0522 e. The Morgan fingerprint density at radius 3 is 3.50 bits per heavy atom. The predicted octanol–water partition coefficient (Wildman–Crippen LogP) is 0.741. The Bertz CT molecular complexity index is 359. The van der Waals surface area contributed by atoms with Gasteiger partial charge in [-0.1, -0.05) is 6.08 Å². The first kappa shape index (κ1) is 5.86. The van der Waals surface area contributed by atoms with E-state index < -0.39 is 0 Å². The first-order valence-electron chi connectivity index (χ1n) is 3.22. The van der Waals surface area contributed by atoms with Gasteiger partial charge in [0.05, 0.1) is 4.53 Å². The number of aliphatic imine (C=N–C) groups is 1. The fourth-order valence-electron chi connectivity index (χ4n) is 0.965. The third kappa shape index (κ3) is 0.907. The maximum absolute atomic E-state index is 4.11. The second kappa shape index (κ2) is 2.39. The summed E-state index contributed by atoms with van der Waals surface area (Å²) in [5, 5.41) is 3.42. The molecular formula is C8H7NS. The number of fused-ring (bicyclic) bond motifs is 1. The van der Waals surface area contributed by atoms with E-state index in [2.05, 4.69) is 22.5 Å². The zero-order valence-corrected chi connectivity index (χ0v) is 6.27. The van der Waals surface area contributed by atoms with Crippen LogP contribution in [0.4, 0.5) is 0 Å². The normalized spacial score (nSPS) is 14.8. The van der Waals surface area contributed by atoms with Crippen LogP contribution in [0.15, 0.2) is 16.4 Å². The summed E-state index contributed by atoms with van der Waals surface area (Å²) in [6, 6.07) is 2.13. The van der Waals surface area contributed by atoms with Gasteiger partial charge in [0, 0.05) is 18.8 Å². The molecule has 0 N–H and O–H groups in total. The molecule has 1 aliphatic heterocycles. The van der Waals surface area contributed by atoms with E-state index in [1.165, 1.54) is 9.75 Å². The maximum Gasteiger partial charge on any atom is 0.0522 e. The molecule has 0 amide bonds. The number of thiophene rings is 1. The molecule has 2 heterocycles. The van der Waals surface area contributed by atoms with Crippen molar-refractivity contribution < 1.29 is 0 Å². The lowest BCUT2D eigenvalue weighted by molar-refractivity contribution is 1.60. The van der Waals surface area contributed by atoms with Crippen LogP contribution in [0.25, 0.3) is 12.3 Å². The molecule has 10 heavy (non-hydrogen) atoms. The quantitative estimate of drug-likeness (QED) is 0.516. The van der Waals surface area contributed by atoms with Crippen molar-refractivity contribution in [3.8, 4) is 0 Å². The summed E-state index contributed by atoms with van der Waals surface area (Å²) >= 11 is 1.74. The molecule has 0 aliphatic carbocycles. The van der Waals surface area contributed by atoms with Gasteiger partial charge in [-0.05, 0) is 16.7 Å². The molecule has 0 fully saturated rings. The summed E-state index contributed by atoms with van der Waals surface area (Å²) in [6.07, 6.45) is 7.00. The Labute approximate surface area is 63.0 Å². The molecule has 1 aliphatic rings. The summed E-state index contributed by atoms with van der Waals surface area (Å²) in [4.78, 5) is 4.11. The van der Waals surface area contributed by atoms with E-state index >= 15 is 0 Å². The second-order valence-corrected chi connectivity index (χ2v) is 3.09. The van der Waals surface area contributed by atoms with Crippen molar-refractivity contribution in [2.75, 3.05) is 0 Å². The molecule has 0 spiro atoms. The van der Waals surface area contributed by atoms with Crippen LogP contribution in [-0.4, -0.2) is 6.21 Å². The highest BCUT2D eigenvalue weighted by molar-refractivity contribution is 7.07. The van der Waals surface area contributed by atoms with E-state index in [1.807, 2.05) is 12.4 Å². The van der Waals surface area contributed by atoms with Crippen molar-refractivity contribution in [1.29, 1.82) is 0 Å². The standard InChI is InChI=1S/C8H7NS/c1-2-7-3-5-10-8(7)6-9-4-1/h2-6H,1H2. The summed E-state index contributed by atoms with van der Waals surface area (Å²) in [5.74, 6) is 0. The highest BCUT2D eigenvalue weighted by Gasteiger charge is 1.87. The lowest BCUT2D eigenvalue weighted by Crippen LogP contribution is -2.15. The first-order chi connectivity index (χ1) is 4.97. The molecule has 0 saturated heterocycles. The third-order valence-corrected chi connectivity index (χ3v) is 2.33. The van der Waals surface area contributed by atoms with Crippen LogP contribution >= 0.6 is 11.3 Å². The van der Waals surface area contributed by atoms with Gasteiger partial charge in [-0.15, -0.1) is 11.3 Å². The molecule has 2 heteroatoms. The van der Waals surface area contributed by atoms with E-state index in [0.29, 0.717) is 0 Å². The average Bonchev–Trinajstić information content (AvgIpc) is 2.28. The molecule has 2 rings (SSSR count). The lowest BCUT2D eigenvalue weighted by atomic mass is 10.3. The van der Waals surface area contributed by atoms with Crippen LogP contribution in [0.1, 0.15) is 6.42 Å². The van der Waals surface area contributed by atoms with Crippen molar-refractivity contribution >= 4 is 29.8 Å². The van der Waals surface area contributed by atoms with Gasteiger partial charge in [0.2, 0.25) is 0 Å². The van der Waals surface area contributed by atoms with Crippen LogP contribution in [-0.2, 0) is 0 Å². The summed E-state index contributed by atoms with van der Waals surface area (Å²) in [7, 11) is 0. The van der Waals surface area contributed by atoms with Crippen molar-refractivity contribution in [2.24, 2.45) is 4.99 Å². The number of nitrogens with zero attached hydrogens (tertiary/aromatic N) is 1. The minimum Gasteiger partial charge on any atom is -0.267 e. The number of rotatable bonds is 0. The Morgan fingerprint density at radius 1 is 1.50 bits per heavy atom. The molecule has 1 aromatic rings. The van der Waals surface area contributed by atoms with Gasteiger partial charge in [-0.2, -0.15) is 0 Å². The molecule has 1 nitrogen and oxygen atoms in total. The Balaban J connectivity index is 2.82. The summed E-state index contributed by atoms with van der Waals surface area (Å²) < 4.78 is 1.27. The minimum atomic E-state index is 0.959. The predicted molar refractivity (Wildman–Crippen MR) is 45.6 cm³/mol. The fourth-order valence-corrected chi connectivity index (χ4v) is 1.74. The van der Waals surface area contributed by atoms with Gasteiger partial charge in [0.15, 0.2) is 0 Å². The van der Waals surface area contributed by atoms with Crippen molar-refractivity contribution in [3.05, 3.63) is 21.2 Å². The molecule has 0 radical (unpaired) electrons. The Hall–Kier alpha value is -0.890. The minimum absolute atomic E-state index is 0.959. The van der Waals surface area contributed by atoms with Gasteiger partial charge in [0.1, 0.15) is 0 Å². The third-order valence-electron chi connectivity index (χ3n) is 1.47. The first-order valence-corrected chi connectivity index (χ1v) is 4.10. The van der Waals surface area contributed by atoms with Gasteiger partial charge in [-0.3, -0.25) is 4.99 Å². The SMILES string of the molecule is C1=NC=c2sccc2=CC1. The molecule has 0 unspecified atom stereocenters. The van der Waals surface area contributed by atoms with Crippen LogP contribution < -0.4 is 9.75 Å². The maximum atomic E-state index is 4.11. The molecule has 0 bridgehead atoms. The van der Waals surface area contributed by atoms with Gasteiger partial charge < -0.3 is 0 Å². The van der Waals surface area contributed by atoms with Crippen LogP contribution in [0.2, 0.25) is 0 Å². The molecule has 0 aromatic carbocycles. The zero-order valence-electron chi connectivity index (χ0n) is 5.45. The largest absolute Gasteiger partial charge is 0.267 e. The highest BCUT2D eigenvalue weighted by Crippen LogP contribution is 1.87. The van der Waals surface area contributed by atoms with Crippen molar-refractivity contribution in [1.82, 2.24) is 0 Å². The lowest BCUT2D eigenvalue weighted by Gasteiger charge is -1.71. The van der Waals surface area contributed by atoms with Crippen LogP contribution in [0, 0.1) is 0 Å². The molecule has 0 saturated carbocycles. The average molecular weight is 149 g/mol. The van der Waals surface area contributed by atoms with Gasteiger partial charge in [-0.25, -0.2) is 0 Å². The van der Waals surface area contributed by atoms with Gasteiger partial charge >= 0.3 is 0 Å². The van der Waals surface area contributed by atoms with Crippen molar-refractivity contribution in [2.45, 2.75) is 6.42 Å². The van der Waals surface area contributed by atoms with E-state index in [0.717, 1.165) is 6.42 Å². The van der Waals surface area contributed by atoms with Crippen LogP contribution in [0.5, 0.6) is 0 Å². The monoisotopic (exact) mass is 149 g/mol. The topological polar surface area (TPSA) is 12.4 Å². The van der Waals surface area contributed by atoms with Gasteiger partial charge in [0.25, 0.3) is 0 Å². The molecule has 0 atom stereocenters. The fraction of sp³-hybridized carbons (Fsp3) is 0.125. The zero-order chi connectivity index (χ0) is 6.81. The van der Waals surface area contributed by atoms with E-state index in [-0.39, 0.29) is 0 Å². The Kier molecular flexibility index (Phi) is 1.40. The second-order valence-electron chi connectivity index (χ2n) is 2.14. The van der Waals surface area contributed by atoms with E-state index in [9.17, 15) is 0 Å². The van der Waals surface area contributed by atoms with Crippen molar-refractivity contribution in [3.63, 3.8) is 0 Å². The van der Waals surface area contributed by atoms with E-state index in [4.69, 9.17) is 0 Å². The highest BCUT2D eigenvalue weighted by atomic mass is 32.1. The Morgan fingerprint density at radius 2 is 2.50 bits per heavy atom. The molecule has 1 aromatic heterocycles. The number of hydrogen-bond acceptors (Lipinski definition) is 2. The molecule has 50 valence electrons. The van der Waals surface area contributed by atoms with E-state index in [1.54, 1.807) is 11.3 Å². The van der Waals surface area contributed by atoms with Crippen LogP contribution in [0.3, 0.4) is 0 Å². The molecular weight excluding hydrogens is 142 g/mol. The summed E-state index contributed by atoms with van der Waals surface area (Å²) in [5.41, 5.74) is 0. The number of hydrogen-bond donors (Lipinski definition) is 0. The summed E-state index contributed by atoms with van der Waals surface area (Å²) in [6.45, 7) is 0.